The van der Waals surface area contributed by atoms with Crippen molar-refractivity contribution in [2.24, 2.45) is 0 Å². The van der Waals surface area contributed by atoms with Gasteiger partial charge in [-0.2, -0.15) is 5.26 Å². The Morgan fingerprint density at radius 1 is 1.33 bits per heavy atom. The molecule has 1 aliphatic heterocycles. The lowest BCUT2D eigenvalue weighted by Gasteiger charge is -2.11. The molecular formula is C11H11NO3. The minimum Gasteiger partial charge on any atom is -0.487 e. The third kappa shape index (κ3) is 2.46. The van der Waals surface area contributed by atoms with Gasteiger partial charge in [-0.15, -0.1) is 0 Å². The van der Waals surface area contributed by atoms with Crippen molar-refractivity contribution in [1.29, 1.82) is 5.26 Å². The molecule has 0 amide bonds. The lowest BCUT2D eigenvalue weighted by atomic mass is 10.2. The minimum absolute atomic E-state index is 0.309. The lowest BCUT2D eigenvalue weighted by Crippen LogP contribution is -2.18. The Balaban J connectivity index is 1.95. The summed E-state index contributed by atoms with van der Waals surface area (Å²) in [5, 5.41) is 8.82. The van der Waals surface area contributed by atoms with Gasteiger partial charge in [0.25, 0.3) is 0 Å². The summed E-state index contributed by atoms with van der Waals surface area (Å²) in [5.41, 5.74) is 0.524. The molecule has 0 unspecified atom stereocenters. The lowest BCUT2D eigenvalue weighted by molar-refractivity contribution is -0.0684. The molecule has 4 nitrogen and oxygen atoms in total. The molecule has 0 radical (unpaired) electrons. The molecule has 1 heterocycles. The molecule has 0 spiro atoms. The van der Waals surface area contributed by atoms with Crippen molar-refractivity contribution >= 4 is 0 Å². The first-order valence-corrected chi connectivity index (χ1v) is 4.75. The molecule has 0 bridgehead atoms. The fourth-order valence-corrected chi connectivity index (χ4v) is 1.35. The summed E-state index contributed by atoms with van der Waals surface area (Å²) in [5.74, 6) is 0.569. The standard InChI is InChI=1S/C11H11NO3/c12-7-9-3-1-2-4-10(9)15-8-11-13-5-6-14-11/h1-4,11H,5-6,8H2. The summed E-state index contributed by atoms with van der Waals surface area (Å²) >= 11 is 0. The van der Waals surface area contributed by atoms with Gasteiger partial charge in [-0.25, -0.2) is 0 Å². The third-order valence-corrected chi connectivity index (χ3v) is 2.07. The number of benzene rings is 1. The predicted octanol–water partition coefficient (Wildman–Crippen LogP) is 1.31. The Bertz CT molecular complexity index is 366. The van der Waals surface area contributed by atoms with Gasteiger partial charge >= 0.3 is 0 Å². The van der Waals surface area contributed by atoms with Gasteiger partial charge in [0, 0.05) is 0 Å². The van der Waals surface area contributed by atoms with Crippen molar-refractivity contribution in [2.75, 3.05) is 19.8 Å². The van der Waals surface area contributed by atoms with Gasteiger partial charge in [-0.3, -0.25) is 0 Å². The zero-order valence-corrected chi connectivity index (χ0v) is 8.18. The van der Waals surface area contributed by atoms with Crippen molar-refractivity contribution in [3.05, 3.63) is 29.8 Å². The van der Waals surface area contributed by atoms with Crippen molar-refractivity contribution in [3.8, 4) is 11.8 Å². The molecule has 0 saturated carbocycles. The molecule has 0 N–H and O–H groups in total. The van der Waals surface area contributed by atoms with Crippen LogP contribution in [0.4, 0.5) is 0 Å². The highest BCUT2D eigenvalue weighted by Gasteiger charge is 2.16. The second kappa shape index (κ2) is 4.78. The maximum atomic E-state index is 8.82. The summed E-state index contributed by atoms with van der Waals surface area (Å²) in [6.07, 6.45) is -0.309. The van der Waals surface area contributed by atoms with Gasteiger partial charge in [0.15, 0.2) is 6.29 Å². The first-order chi connectivity index (χ1) is 7.40. The zero-order valence-electron chi connectivity index (χ0n) is 8.18. The SMILES string of the molecule is N#Cc1ccccc1OCC1OCCO1. The Labute approximate surface area is 88.0 Å². The number of para-hydroxylation sites is 1. The molecule has 1 aliphatic rings. The van der Waals surface area contributed by atoms with Crippen LogP contribution in [0.5, 0.6) is 5.75 Å². The van der Waals surface area contributed by atoms with Crippen molar-refractivity contribution in [1.82, 2.24) is 0 Å². The van der Waals surface area contributed by atoms with Gasteiger partial charge in [0.2, 0.25) is 0 Å². The van der Waals surface area contributed by atoms with Gasteiger partial charge in [0.05, 0.1) is 18.8 Å². The molecule has 0 aromatic heterocycles. The second-order valence-corrected chi connectivity index (χ2v) is 3.09. The van der Waals surface area contributed by atoms with E-state index in [1.807, 2.05) is 6.07 Å². The highest BCUT2D eigenvalue weighted by Crippen LogP contribution is 2.17. The molecule has 2 rings (SSSR count). The van der Waals surface area contributed by atoms with E-state index in [1.54, 1.807) is 18.2 Å². The van der Waals surface area contributed by atoms with Crippen LogP contribution in [-0.4, -0.2) is 26.1 Å². The Morgan fingerprint density at radius 2 is 2.07 bits per heavy atom. The number of hydrogen-bond acceptors (Lipinski definition) is 4. The van der Waals surface area contributed by atoms with Gasteiger partial charge in [-0.05, 0) is 12.1 Å². The smallest absolute Gasteiger partial charge is 0.191 e. The average molecular weight is 205 g/mol. The van der Waals surface area contributed by atoms with Crippen LogP contribution in [0.25, 0.3) is 0 Å². The van der Waals surface area contributed by atoms with E-state index in [-0.39, 0.29) is 6.29 Å². The summed E-state index contributed by atoms with van der Waals surface area (Å²) in [6, 6.07) is 9.16. The second-order valence-electron chi connectivity index (χ2n) is 3.09. The van der Waals surface area contributed by atoms with E-state index in [2.05, 4.69) is 6.07 Å². The molecule has 1 aromatic rings. The van der Waals surface area contributed by atoms with Crippen LogP contribution in [0.1, 0.15) is 5.56 Å². The molecule has 15 heavy (non-hydrogen) atoms. The molecule has 1 fully saturated rings. The average Bonchev–Trinajstić information content (AvgIpc) is 2.79. The highest BCUT2D eigenvalue weighted by molar-refractivity contribution is 5.42. The molecular weight excluding hydrogens is 194 g/mol. The maximum absolute atomic E-state index is 8.82. The molecule has 1 aromatic carbocycles. The van der Waals surface area contributed by atoms with Crippen LogP contribution in [0.15, 0.2) is 24.3 Å². The summed E-state index contributed by atoms with van der Waals surface area (Å²) < 4.78 is 15.9. The van der Waals surface area contributed by atoms with Crippen LogP contribution in [0.2, 0.25) is 0 Å². The van der Waals surface area contributed by atoms with Crippen LogP contribution in [0, 0.1) is 11.3 Å². The Morgan fingerprint density at radius 3 is 2.80 bits per heavy atom. The van der Waals surface area contributed by atoms with Gasteiger partial charge < -0.3 is 14.2 Å². The number of ether oxygens (including phenoxy) is 3. The van der Waals surface area contributed by atoms with Crippen molar-refractivity contribution in [3.63, 3.8) is 0 Å². The van der Waals surface area contributed by atoms with E-state index in [0.29, 0.717) is 31.1 Å². The van der Waals surface area contributed by atoms with Gasteiger partial charge in [0.1, 0.15) is 18.4 Å². The van der Waals surface area contributed by atoms with E-state index in [9.17, 15) is 0 Å². The molecule has 0 atom stereocenters. The zero-order chi connectivity index (χ0) is 10.5. The maximum Gasteiger partial charge on any atom is 0.191 e. The Kier molecular flexibility index (Phi) is 3.18. The number of nitrogens with zero attached hydrogens (tertiary/aromatic N) is 1. The summed E-state index contributed by atoms with van der Waals surface area (Å²) in [4.78, 5) is 0. The quantitative estimate of drug-likeness (QED) is 0.746. The van der Waals surface area contributed by atoms with Crippen LogP contribution >= 0.6 is 0 Å². The number of hydrogen-bond donors (Lipinski definition) is 0. The van der Waals surface area contributed by atoms with E-state index < -0.39 is 0 Å². The first kappa shape index (κ1) is 9.97. The number of nitriles is 1. The topological polar surface area (TPSA) is 51.5 Å². The fourth-order valence-electron chi connectivity index (χ4n) is 1.35. The van der Waals surface area contributed by atoms with E-state index >= 15 is 0 Å². The molecule has 4 heteroatoms. The van der Waals surface area contributed by atoms with Gasteiger partial charge in [-0.1, -0.05) is 12.1 Å². The predicted molar refractivity (Wildman–Crippen MR) is 52.3 cm³/mol. The van der Waals surface area contributed by atoms with Crippen molar-refractivity contribution < 1.29 is 14.2 Å². The Hall–Kier alpha value is -1.57. The van der Waals surface area contributed by atoms with Crippen LogP contribution < -0.4 is 4.74 Å². The molecule has 0 aliphatic carbocycles. The van der Waals surface area contributed by atoms with E-state index in [0.717, 1.165) is 0 Å². The highest BCUT2D eigenvalue weighted by atomic mass is 16.7. The minimum atomic E-state index is -0.309. The molecule has 78 valence electrons. The largest absolute Gasteiger partial charge is 0.487 e. The number of rotatable bonds is 3. The normalized spacial score (nSPS) is 16.2. The van der Waals surface area contributed by atoms with Crippen LogP contribution in [0.3, 0.4) is 0 Å². The van der Waals surface area contributed by atoms with E-state index in [1.165, 1.54) is 0 Å². The van der Waals surface area contributed by atoms with Crippen molar-refractivity contribution in [2.45, 2.75) is 6.29 Å². The third-order valence-electron chi connectivity index (χ3n) is 2.07. The monoisotopic (exact) mass is 205 g/mol. The summed E-state index contributed by atoms with van der Waals surface area (Å²) in [6.45, 7) is 1.53. The first-order valence-electron chi connectivity index (χ1n) is 4.75. The fraction of sp³-hybridized carbons (Fsp3) is 0.364. The van der Waals surface area contributed by atoms with Crippen LogP contribution in [-0.2, 0) is 9.47 Å². The molecule has 1 saturated heterocycles. The summed E-state index contributed by atoms with van der Waals surface area (Å²) in [7, 11) is 0. The van der Waals surface area contributed by atoms with E-state index in [4.69, 9.17) is 19.5 Å².